The number of nitrogens with zero attached hydrogens (tertiary/aromatic N) is 1. The number of rotatable bonds is 4. The molecule has 5 heteroatoms. The summed E-state index contributed by atoms with van der Waals surface area (Å²) in [7, 11) is 1.67. The van der Waals surface area contributed by atoms with Crippen molar-refractivity contribution in [1.29, 1.82) is 0 Å². The van der Waals surface area contributed by atoms with E-state index in [4.69, 9.17) is 9.47 Å². The van der Waals surface area contributed by atoms with Crippen molar-refractivity contribution in [2.45, 2.75) is 12.5 Å². The standard InChI is InChI=1S/C16H17FN2O2/c1-20-9-14-10-21-16-15(19-14)7-12(8-18-16)6-11-2-4-13(17)5-3-11/h2-5,7-8,14,19H,6,9-10H2,1H3/t14-/m0/s1. The lowest BCUT2D eigenvalue weighted by molar-refractivity contribution is 0.153. The maximum absolute atomic E-state index is 12.9. The van der Waals surface area contributed by atoms with Gasteiger partial charge >= 0.3 is 0 Å². The van der Waals surface area contributed by atoms with Crippen LogP contribution in [0.2, 0.25) is 0 Å². The molecule has 0 saturated carbocycles. The molecule has 0 unspecified atom stereocenters. The number of ether oxygens (including phenoxy) is 2. The van der Waals surface area contributed by atoms with E-state index in [9.17, 15) is 4.39 Å². The largest absolute Gasteiger partial charge is 0.474 e. The molecule has 110 valence electrons. The van der Waals surface area contributed by atoms with Crippen molar-refractivity contribution in [3.05, 3.63) is 53.5 Å². The minimum absolute atomic E-state index is 0.130. The summed E-state index contributed by atoms with van der Waals surface area (Å²) >= 11 is 0. The van der Waals surface area contributed by atoms with Crippen LogP contribution < -0.4 is 10.1 Å². The molecular formula is C16H17FN2O2. The Bertz CT molecular complexity index is 616. The third kappa shape index (κ3) is 3.31. The average Bonchev–Trinajstić information content (AvgIpc) is 2.50. The van der Waals surface area contributed by atoms with E-state index >= 15 is 0 Å². The van der Waals surface area contributed by atoms with Gasteiger partial charge in [0.1, 0.15) is 12.4 Å². The molecule has 2 aromatic rings. The number of halogens is 1. The van der Waals surface area contributed by atoms with Crippen molar-refractivity contribution in [1.82, 2.24) is 4.98 Å². The van der Waals surface area contributed by atoms with E-state index < -0.39 is 0 Å². The van der Waals surface area contributed by atoms with Crippen LogP contribution in [0, 0.1) is 5.82 Å². The monoisotopic (exact) mass is 288 g/mol. The first-order chi connectivity index (χ1) is 10.2. The molecule has 0 radical (unpaired) electrons. The Morgan fingerprint density at radius 1 is 1.33 bits per heavy atom. The van der Waals surface area contributed by atoms with E-state index in [0.717, 1.165) is 16.8 Å². The van der Waals surface area contributed by atoms with Crippen LogP contribution in [-0.4, -0.2) is 31.3 Å². The summed E-state index contributed by atoms with van der Waals surface area (Å²) in [5.41, 5.74) is 2.97. The highest BCUT2D eigenvalue weighted by Gasteiger charge is 2.20. The normalized spacial score (nSPS) is 16.8. The third-order valence-corrected chi connectivity index (χ3v) is 3.38. The van der Waals surface area contributed by atoms with Gasteiger partial charge in [-0.1, -0.05) is 12.1 Å². The molecular weight excluding hydrogens is 271 g/mol. The van der Waals surface area contributed by atoms with Crippen molar-refractivity contribution in [2.75, 3.05) is 25.6 Å². The molecule has 0 spiro atoms. The minimum atomic E-state index is -0.222. The zero-order chi connectivity index (χ0) is 14.7. The van der Waals surface area contributed by atoms with Gasteiger partial charge in [-0.2, -0.15) is 0 Å². The van der Waals surface area contributed by atoms with Gasteiger partial charge in [0.25, 0.3) is 0 Å². The maximum atomic E-state index is 12.9. The highest BCUT2D eigenvalue weighted by molar-refractivity contribution is 5.56. The van der Waals surface area contributed by atoms with Gasteiger partial charge in [0, 0.05) is 13.3 Å². The summed E-state index contributed by atoms with van der Waals surface area (Å²) in [4.78, 5) is 4.33. The van der Waals surface area contributed by atoms with E-state index in [-0.39, 0.29) is 11.9 Å². The highest BCUT2D eigenvalue weighted by atomic mass is 19.1. The number of fused-ring (bicyclic) bond motifs is 1. The van der Waals surface area contributed by atoms with Crippen molar-refractivity contribution >= 4 is 5.69 Å². The molecule has 1 aliphatic rings. The van der Waals surface area contributed by atoms with Crippen LogP contribution in [0.4, 0.5) is 10.1 Å². The number of hydrogen-bond acceptors (Lipinski definition) is 4. The van der Waals surface area contributed by atoms with Gasteiger partial charge < -0.3 is 14.8 Å². The summed E-state index contributed by atoms with van der Waals surface area (Å²) < 4.78 is 23.7. The molecule has 0 fully saturated rings. The number of nitrogens with one attached hydrogen (secondary N) is 1. The van der Waals surface area contributed by atoms with Crippen LogP contribution in [-0.2, 0) is 11.2 Å². The van der Waals surface area contributed by atoms with Gasteiger partial charge in [-0.3, -0.25) is 0 Å². The summed E-state index contributed by atoms with van der Waals surface area (Å²) in [5, 5.41) is 3.36. The Hall–Kier alpha value is -2.14. The SMILES string of the molecule is COC[C@H]1COc2ncc(Cc3ccc(F)cc3)cc2N1. The topological polar surface area (TPSA) is 43.4 Å². The molecule has 4 nitrogen and oxygen atoms in total. The number of aromatic nitrogens is 1. The van der Waals surface area contributed by atoms with E-state index in [0.29, 0.717) is 25.5 Å². The van der Waals surface area contributed by atoms with Gasteiger partial charge in [-0.15, -0.1) is 0 Å². The van der Waals surface area contributed by atoms with E-state index in [1.54, 1.807) is 25.4 Å². The zero-order valence-electron chi connectivity index (χ0n) is 11.8. The van der Waals surface area contributed by atoms with Crippen molar-refractivity contribution in [3.8, 4) is 5.88 Å². The van der Waals surface area contributed by atoms with Crippen LogP contribution in [0.1, 0.15) is 11.1 Å². The molecule has 3 rings (SSSR count). The molecule has 21 heavy (non-hydrogen) atoms. The molecule has 0 saturated heterocycles. The van der Waals surface area contributed by atoms with Crippen LogP contribution in [0.25, 0.3) is 0 Å². The molecule has 2 heterocycles. The first-order valence-corrected chi connectivity index (χ1v) is 6.86. The zero-order valence-corrected chi connectivity index (χ0v) is 11.8. The lowest BCUT2D eigenvalue weighted by atomic mass is 10.1. The Morgan fingerprint density at radius 3 is 2.90 bits per heavy atom. The first-order valence-electron chi connectivity index (χ1n) is 6.86. The summed E-state index contributed by atoms with van der Waals surface area (Å²) in [6, 6.07) is 8.66. The Balaban J connectivity index is 1.76. The molecule has 1 aromatic carbocycles. The minimum Gasteiger partial charge on any atom is -0.474 e. The maximum Gasteiger partial charge on any atom is 0.237 e. The van der Waals surface area contributed by atoms with Gasteiger partial charge in [0.2, 0.25) is 5.88 Å². The van der Waals surface area contributed by atoms with Crippen LogP contribution in [0.15, 0.2) is 36.5 Å². The molecule has 0 aliphatic carbocycles. The van der Waals surface area contributed by atoms with E-state index in [2.05, 4.69) is 10.3 Å². The van der Waals surface area contributed by atoms with Gasteiger partial charge in [-0.25, -0.2) is 9.37 Å². The van der Waals surface area contributed by atoms with Gasteiger partial charge in [0.05, 0.1) is 18.3 Å². The number of anilines is 1. The molecule has 0 bridgehead atoms. The van der Waals surface area contributed by atoms with Crippen molar-refractivity contribution in [3.63, 3.8) is 0 Å². The summed E-state index contributed by atoms with van der Waals surface area (Å²) in [6.45, 7) is 1.13. The Labute approximate surface area is 122 Å². The number of hydrogen-bond donors (Lipinski definition) is 1. The Morgan fingerprint density at radius 2 is 2.14 bits per heavy atom. The fourth-order valence-corrected chi connectivity index (χ4v) is 2.38. The van der Waals surface area contributed by atoms with Crippen LogP contribution >= 0.6 is 0 Å². The highest BCUT2D eigenvalue weighted by Crippen LogP contribution is 2.28. The van der Waals surface area contributed by atoms with E-state index in [1.165, 1.54) is 12.1 Å². The summed E-state index contributed by atoms with van der Waals surface area (Å²) in [6.07, 6.45) is 2.50. The predicted octanol–water partition coefficient (Wildman–Crippen LogP) is 2.63. The lowest BCUT2D eigenvalue weighted by Gasteiger charge is -2.26. The second kappa shape index (κ2) is 6.10. The van der Waals surface area contributed by atoms with Crippen molar-refractivity contribution < 1.29 is 13.9 Å². The fraction of sp³-hybridized carbons (Fsp3) is 0.312. The second-order valence-electron chi connectivity index (χ2n) is 5.11. The second-order valence-corrected chi connectivity index (χ2v) is 5.11. The lowest BCUT2D eigenvalue weighted by Crippen LogP contribution is -2.35. The molecule has 1 aliphatic heterocycles. The van der Waals surface area contributed by atoms with Gasteiger partial charge in [-0.05, 0) is 35.7 Å². The Kier molecular flexibility index (Phi) is 4.01. The van der Waals surface area contributed by atoms with Crippen LogP contribution in [0.5, 0.6) is 5.88 Å². The van der Waals surface area contributed by atoms with Crippen molar-refractivity contribution in [2.24, 2.45) is 0 Å². The number of methoxy groups -OCH3 is 1. The smallest absolute Gasteiger partial charge is 0.237 e. The van der Waals surface area contributed by atoms with E-state index in [1.807, 2.05) is 6.07 Å². The molecule has 0 amide bonds. The fourth-order valence-electron chi connectivity index (χ4n) is 2.38. The van der Waals surface area contributed by atoms with Crippen LogP contribution in [0.3, 0.4) is 0 Å². The summed E-state index contributed by atoms with van der Waals surface area (Å²) in [5.74, 6) is 0.394. The van der Waals surface area contributed by atoms with Gasteiger partial charge in [0.15, 0.2) is 0 Å². The first kappa shape index (κ1) is 13.8. The third-order valence-electron chi connectivity index (χ3n) is 3.38. The molecule has 1 N–H and O–H groups in total. The number of pyridine rings is 1. The quantitative estimate of drug-likeness (QED) is 0.939. The molecule has 1 aromatic heterocycles. The predicted molar refractivity (Wildman–Crippen MR) is 78.2 cm³/mol. The molecule has 1 atom stereocenters. The number of benzene rings is 1. The average molecular weight is 288 g/mol.